The Bertz CT molecular complexity index is 1040. The summed E-state index contributed by atoms with van der Waals surface area (Å²) in [5, 5.41) is 0. The van der Waals surface area contributed by atoms with E-state index in [0.717, 1.165) is 4.31 Å². The van der Waals surface area contributed by atoms with Gasteiger partial charge in [0.05, 0.1) is 18.0 Å². The van der Waals surface area contributed by atoms with Gasteiger partial charge in [-0.25, -0.2) is 13.2 Å². The van der Waals surface area contributed by atoms with Gasteiger partial charge in [-0.2, -0.15) is 4.31 Å². The Kier molecular flexibility index (Phi) is 6.81. The molecule has 0 fully saturated rings. The Morgan fingerprint density at radius 1 is 1.24 bits per heavy atom. The average Bonchev–Trinajstić information content (AvgIpc) is 2.93. The maximum atomic E-state index is 13.4. The van der Waals surface area contributed by atoms with E-state index in [1.165, 1.54) is 32.2 Å². The van der Waals surface area contributed by atoms with E-state index in [1.807, 2.05) is 0 Å². The molecule has 1 aromatic carbocycles. The number of hydrogen-bond donors (Lipinski definition) is 0. The topological polar surface area (TPSA) is 85.7 Å². The molecule has 0 aliphatic rings. The molecule has 7 nitrogen and oxygen atoms in total. The highest BCUT2D eigenvalue weighted by Gasteiger charge is 2.35. The van der Waals surface area contributed by atoms with Gasteiger partial charge >= 0.3 is 5.97 Å². The number of carbonyl (C=O) groups excluding carboxylic acids is 2. The number of aromatic nitrogens is 1. The number of Topliss-reactive ketones (excluding diaryl/α,β-unsaturated/α-hetero) is 1. The van der Waals surface area contributed by atoms with E-state index in [1.54, 1.807) is 43.7 Å². The van der Waals surface area contributed by atoms with Crippen LogP contribution in [-0.2, 0) is 21.8 Å². The number of carbonyl (C=O) groups is 2. The first kappa shape index (κ1) is 22.6. The molecule has 156 valence electrons. The zero-order chi connectivity index (χ0) is 21.9. The van der Waals surface area contributed by atoms with E-state index in [2.05, 4.69) is 6.58 Å². The summed E-state index contributed by atoms with van der Waals surface area (Å²) in [5.41, 5.74) is 1.61. The molecule has 29 heavy (non-hydrogen) atoms. The zero-order valence-electron chi connectivity index (χ0n) is 17.3. The van der Waals surface area contributed by atoms with Gasteiger partial charge in [0.25, 0.3) is 0 Å². The van der Waals surface area contributed by atoms with E-state index >= 15 is 0 Å². The minimum absolute atomic E-state index is 0.0288. The fourth-order valence-electron chi connectivity index (χ4n) is 3.39. The standard InChI is InChI=1S/C21H26N2O5S/c1-7-13-23(29(26,27)17-11-9-8-10-12-17)16(4)20(24)18-14(2)19(21(25)28-6)22(5)15(18)3/h7-12,16H,1,13H2,2-6H3. The lowest BCUT2D eigenvalue weighted by atomic mass is 10.0. The number of benzene rings is 1. The van der Waals surface area contributed by atoms with E-state index in [-0.39, 0.29) is 17.1 Å². The van der Waals surface area contributed by atoms with Crippen LogP contribution < -0.4 is 0 Å². The lowest BCUT2D eigenvalue weighted by molar-refractivity contribution is 0.0588. The maximum absolute atomic E-state index is 13.4. The third-order valence-corrected chi connectivity index (χ3v) is 6.98. The molecular weight excluding hydrogens is 392 g/mol. The molecule has 8 heteroatoms. The van der Waals surface area contributed by atoms with Crippen molar-refractivity contribution in [2.24, 2.45) is 7.05 Å². The molecule has 0 saturated carbocycles. The molecule has 0 spiro atoms. The molecule has 2 rings (SSSR count). The molecule has 0 aliphatic carbocycles. The first-order valence-corrected chi connectivity index (χ1v) is 10.5. The lowest BCUT2D eigenvalue weighted by Crippen LogP contribution is -2.43. The van der Waals surface area contributed by atoms with Crippen molar-refractivity contribution in [3.63, 3.8) is 0 Å². The summed E-state index contributed by atoms with van der Waals surface area (Å²) in [5.74, 6) is -0.952. The summed E-state index contributed by atoms with van der Waals surface area (Å²) in [6.45, 7) is 8.50. The summed E-state index contributed by atoms with van der Waals surface area (Å²) in [7, 11) is -0.987. The summed E-state index contributed by atoms with van der Waals surface area (Å²) in [6.07, 6.45) is 1.44. The van der Waals surface area contributed by atoms with Gasteiger partial charge in [0.15, 0.2) is 5.78 Å². The number of nitrogens with zero attached hydrogens (tertiary/aromatic N) is 2. The van der Waals surface area contributed by atoms with Crippen LogP contribution in [0.1, 0.15) is 39.0 Å². The maximum Gasteiger partial charge on any atom is 0.354 e. The van der Waals surface area contributed by atoms with Crippen molar-refractivity contribution in [2.45, 2.75) is 31.7 Å². The van der Waals surface area contributed by atoms with E-state index in [4.69, 9.17) is 4.74 Å². The van der Waals surface area contributed by atoms with Gasteiger partial charge in [0.1, 0.15) is 5.69 Å². The second-order valence-electron chi connectivity index (χ2n) is 6.70. The molecule has 2 aromatic rings. The molecule has 1 unspecified atom stereocenters. The quantitative estimate of drug-likeness (QED) is 0.374. The Morgan fingerprint density at radius 3 is 2.34 bits per heavy atom. The molecule has 0 radical (unpaired) electrons. The van der Waals surface area contributed by atoms with Gasteiger partial charge in [-0.15, -0.1) is 6.58 Å². The largest absolute Gasteiger partial charge is 0.464 e. The van der Waals surface area contributed by atoms with Crippen molar-refractivity contribution in [2.75, 3.05) is 13.7 Å². The first-order valence-electron chi connectivity index (χ1n) is 9.05. The van der Waals surface area contributed by atoms with Crippen molar-refractivity contribution in [3.8, 4) is 0 Å². The predicted molar refractivity (Wildman–Crippen MR) is 111 cm³/mol. The number of methoxy groups -OCH3 is 1. The van der Waals surface area contributed by atoms with Gasteiger partial charge in [-0.05, 0) is 38.5 Å². The highest BCUT2D eigenvalue weighted by molar-refractivity contribution is 7.89. The number of esters is 1. The van der Waals surface area contributed by atoms with E-state index < -0.39 is 27.8 Å². The van der Waals surface area contributed by atoms with Crippen molar-refractivity contribution in [1.82, 2.24) is 8.87 Å². The molecule has 1 heterocycles. The normalized spacial score (nSPS) is 12.6. The van der Waals surface area contributed by atoms with Gasteiger partial charge in [-0.1, -0.05) is 24.3 Å². The average molecular weight is 419 g/mol. The molecule has 0 saturated heterocycles. The smallest absolute Gasteiger partial charge is 0.354 e. The van der Waals surface area contributed by atoms with Crippen LogP contribution in [0.2, 0.25) is 0 Å². The third-order valence-electron chi connectivity index (χ3n) is 5.03. The number of ketones is 1. The van der Waals surface area contributed by atoms with Crippen molar-refractivity contribution >= 4 is 21.8 Å². The van der Waals surface area contributed by atoms with Gasteiger partial charge in [0.2, 0.25) is 10.0 Å². The minimum Gasteiger partial charge on any atom is -0.464 e. The van der Waals surface area contributed by atoms with Crippen LogP contribution >= 0.6 is 0 Å². The van der Waals surface area contributed by atoms with Crippen LogP contribution in [0.5, 0.6) is 0 Å². The SMILES string of the molecule is C=CCN(C(C)C(=O)c1c(C)c(C(=O)OC)n(C)c1C)S(=O)(=O)c1ccccc1. The van der Waals surface area contributed by atoms with Crippen LogP contribution in [0.3, 0.4) is 0 Å². The van der Waals surface area contributed by atoms with Crippen LogP contribution in [0.25, 0.3) is 0 Å². The Morgan fingerprint density at radius 2 is 1.83 bits per heavy atom. The number of rotatable bonds is 8. The summed E-state index contributed by atoms with van der Waals surface area (Å²) >= 11 is 0. The van der Waals surface area contributed by atoms with Crippen LogP contribution in [0.15, 0.2) is 47.9 Å². The van der Waals surface area contributed by atoms with Gasteiger partial charge < -0.3 is 9.30 Å². The Hall–Kier alpha value is -2.71. The number of hydrogen-bond acceptors (Lipinski definition) is 5. The second-order valence-corrected chi connectivity index (χ2v) is 8.59. The van der Waals surface area contributed by atoms with Crippen LogP contribution in [0, 0.1) is 13.8 Å². The van der Waals surface area contributed by atoms with Crippen molar-refractivity contribution in [1.29, 1.82) is 0 Å². The van der Waals surface area contributed by atoms with Gasteiger partial charge in [0, 0.05) is 24.8 Å². The molecule has 1 atom stereocenters. The monoisotopic (exact) mass is 418 g/mol. The predicted octanol–water partition coefficient (Wildman–Crippen LogP) is 2.88. The highest BCUT2D eigenvalue weighted by Crippen LogP contribution is 2.26. The van der Waals surface area contributed by atoms with Crippen molar-refractivity contribution in [3.05, 3.63) is 65.5 Å². The summed E-state index contributed by atoms with van der Waals surface area (Å²) in [6, 6.07) is 6.94. The second kappa shape index (κ2) is 8.75. The number of sulfonamides is 1. The summed E-state index contributed by atoms with van der Waals surface area (Å²) in [4.78, 5) is 25.6. The van der Waals surface area contributed by atoms with Gasteiger partial charge in [-0.3, -0.25) is 4.79 Å². The third kappa shape index (κ3) is 4.04. The molecule has 0 aliphatic heterocycles. The molecule has 1 aromatic heterocycles. The highest BCUT2D eigenvalue weighted by atomic mass is 32.2. The van der Waals surface area contributed by atoms with E-state index in [9.17, 15) is 18.0 Å². The van der Waals surface area contributed by atoms with Crippen LogP contribution in [0.4, 0.5) is 0 Å². The molecule has 0 bridgehead atoms. The Labute approximate surface area is 171 Å². The molecular formula is C21H26N2O5S. The van der Waals surface area contributed by atoms with E-state index in [0.29, 0.717) is 16.8 Å². The van der Waals surface area contributed by atoms with Crippen molar-refractivity contribution < 1.29 is 22.7 Å². The zero-order valence-corrected chi connectivity index (χ0v) is 18.1. The Balaban J connectivity index is 2.54. The van der Waals surface area contributed by atoms with Crippen LogP contribution in [-0.4, -0.2) is 48.7 Å². The first-order chi connectivity index (χ1) is 13.6. The fourth-order valence-corrected chi connectivity index (χ4v) is 4.97. The lowest BCUT2D eigenvalue weighted by Gasteiger charge is -2.26. The minimum atomic E-state index is -3.92. The number of ether oxygens (including phenoxy) is 1. The molecule has 0 N–H and O–H groups in total. The molecule has 0 amide bonds. The summed E-state index contributed by atoms with van der Waals surface area (Å²) < 4.78 is 33.8. The fraction of sp³-hybridized carbons (Fsp3) is 0.333.